The van der Waals surface area contributed by atoms with Gasteiger partial charge in [-0.2, -0.15) is 0 Å². The molecule has 0 aromatic carbocycles. The van der Waals surface area contributed by atoms with Crippen LogP contribution >= 0.6 is 0 Å². The third-order valence-electron chi connectivity index (χ3n) is 1.08. The second-order valence-corrected chi connectivity index (χ2v) is 4.21. The van der Waals surface area contributed by atoms with Crippen molar-refractivity contribution in [2.75, 3.05) is 19.8 Å². The molecule has 74 valence electrons. The van der Waals surface area contributed by atoms with Gasteiger partial charge >= 0.3 is 83.3 Å². The van der Waals surface area contributed by atoms with Gasteiger partial charge in [0.1, 0.15) is 0 Å². The molecule has 0 aliphatic carbocycles. The van der Waals surface area contributed by atoms with Crippen LogP contribution in [0.15, 0.2) is 0 Å². The van der Waals surface area contributed by atoms with Crippen LogP contribution in [-0.2, 0) is 3.07 Å². The number of carbonyl (C=O) groups excluding carboxylic acids is 1. The normalized spacial score (nSPS) is 10.2. The SMILES string of the molecule is CCCCO[I-]C(=O)NCCO. The summed E-state index contributed by atoms with van der Waals surface area (Å²) >= 11 is -0.824. The summed E-state index contributed by atoms with van der Waals surface area (Å²) in [6.45, 7) is 3.07. The van der Waals surface area contributed by atoms with Crippen LogP contribution < -0.4 is 26.9 Å². The van der Waals surface area contributed by atoms with Crippen molar-refractivity contribution in [3.63, 3.8) is 0 Å². The molecule has 5 heteroatoms. The number of hydrogen-bond acceptors (Lipinski definition) is 3. The van der Waals surface area contributed by atoms with E-state index in [9.17, 15) is 4.79 Å². The van der Waals surface area contributed by atoms with Gasteiger partial charge in [-0.3, -0.25) is 0 Å². The van der Waals surface area contributed by atoms with Crippen molar-refractivity contribution >= 4 is 3.91 Å². The van der Waals surface area contributed by atoms with Crippen LogP contribution in [0.4, 0.5) is 4.79 Å². The van der Waals surface area contributed by atoms with Gasteiger partial charge < -0.3 is 0 Å². The zero-order chi connectivity index (χ0) is 9.23. The summed E-state index contributed by atoms with van der Waals surface area (Å²) in [5.74, 6) is 0. The number of amides is 1. The van der Waals surface area contributed by atoms with Crippen LogP contribution in [0.25, 0.3) is 0 Å². The van der Waals surface area contributed by atoms with Gasteiger partial charge in [-0.15, -0.1) is 0 Å². The molecule has 0 atom stereocenters. The number of unbranched alkanes of at least 4 members (excludes halogenated alkanes) is 1. The number of hydrogen-bond donors (Lipinski definition) is 2. The number of halogens is 1. The van der Waals surface area contributed by atoms with Gasteiger partial charge in [0.25, 0.3) is 0 Å². The van der Waals surface area contributed by atoms with Crippen LogP contribution in [0.5, 0.6) is 0 Å². The summed E-state index contributed by atoms with van der Waals surface area (Å²) in [5.41, 5.74) is 0. The fraction of sp³-hybridized carbons (Fsp3) is 0.857. The predicted molar refractivity (Wildman–Crippen MR) is 41.3 cm³/mol. The van der Waals surface area contributed by atoms with Gasteiger partial charge in [-0.05, 0) is 0 Å². The van der Waals surface area contributed by atoms with Gasteiger partial charge in [0.15, 0.2) is 0 Å². The second-order valence-electron chi connectivity index (χ2n) is 2.17. The first-order valence-corrected chi connectivity index (χ1v) is 5.92. The summed E-state index contributed by atoms with van der Waals surface area (Å²) in [5, 5.41) is 10.9. The zero-order valence-electron chi connectivity index (χ0n) is 7.18. The van der Waals surface area contributed by atoms with E-state index in [1.165, 1.54) is 0 Å². The van der Waals surface area contributed by atoms with Crippen LogP contribution in [-0.4, -0.2) is 28.8 Å². The maximum atomic E-state index is 10.9. The number of rotatable bonds is 7. The van der Waals surface area contributed by atoms with Crippen molar-refractivity contribution in [1.29, 1.82) is 0 Å². The summed E-state index contributed by atoms with van der Waals surface area (Å²) in [7, 11) is 0. The van der Waals surface area contributed by atoms with Crippen LogP contribution in [0.1, 0.15) is 19.8 Å². The Bertz CT molecular complexity index is 121. The van der Waals surface area contributed by atoms with E-state index in [4.69, 9.17) is 8.17 Å². The molecule has 2 N–H and O–H groups in total. The van der Waals surface area contributed by atoms with E-state index < -0.39 is 21.6 Å². The van der Waals surface area contributed by atoms with E-state index in [-0.39, 0.29) is 10.5 Å². The van der Waals surface area contributed by atoms with Crippen molar-refractivity contribution in [3.8, 4) is 0 Å². The van der Waals surface area contributed by atoms with E-state index in [0.29, 0.717) is 13.2 Å². The summed E-state index contributed by atoms with van der Waals surface area (Å²) in [6, 6.07) is 0. The molecule has 0 aromatic heterocycles. The molecule has 4 nitrogen and oxygen atoms in total. The number of aliphatic hydroxyl groups is 1. The fourth-order valence-electron chi connectivity index (χ4n) is 0.468. The summed E-state index contributed by atoms with van der Waals surface area (Å²) in [6.07, 6.45) is 2.09. The van der Waals surface area contributed by atoms with Crippen molar-refractivity contribution in [3.05, 3.63) is 0 Å². The molecule has 0 heterocycles. The molecule has 0 saturated heterocycles. The standard InChI is InChI=1S/C7H15INO3/c1-2-3-6-12-8-7(11)9-4-5-10/h10H,2-6H2,1H3,(H,9,11)/q-1. The Labute approximate surface area is 83.5 Å². The van der Waals surface area contributed by atoms with Crippen LogP contribution in [0.3, 0.4) is 0 Å². The molecule has 0 spiro atoms. The first-order chi connectivity index (χ1) is 5.81. The Kier molecular flexibility index (Phi) is 9.30. The Morgan fingerprint density at radius 2 is 2.42 bits per heavy atom. The molecule has 0 aromatic rings. The molecular formula is C7H15INO3-. The third-order valence-corrected chi connectivity index (χ3v) is 2.61. The summed E-state index contributed by atoms with van der Waals surface area (Å²) in [4.78, 5) is 10.9. The van der Waals surface area contributed by atoms with Crippen molar-refractivity contribution < 1.29 is 34.6 Å². The van der Waals surface area contributed by atoms with Crippen LogP contribution in [0, 0.1) is 0 Å². The Morgan fingerprint density at radius 3 is 3.00 bits per heavy atom. The summed E-state index contributed by atoms with van der Waals surface area (Å²) < 4.78 is 5.09. The average Bonchev–Trinajstić information content (AvgIpc) is 2.09. The number of aliphatic hydroxyl groups excluding tert-OH is 1. The zero-order valence-corrected chi connectivity index (χ0v) is 9.33. The van der Waals surface area contributed by atoms with Gasteiger partial charge in [0, 0.05) is 0 Å². The van der Waals surface area contributed by atoms with Gasteiger partial charge in [-0.1, -0.05) is 0 Å². The quantitative estimate of drug-likeness (QED) is 0.236. The molecule has 1 amide bonds. The average molecular weight is 288 g/mol. The van der Waals surface area contributed by atoms with E-state index in [1.54, 1.807) is 0 Å². The van der Waals surface area contributed by atoms with Crippen molar-refractivity contribution in [2.24, 2.45) is 0 Å². The monoisotopic (exact) mass is 288 g/mol. The molecule has 0 fully saturated rings. The molecule has 0 rings (SSSR count). The number of carbonyl (C=O) groups is 1. The molecule has 0 aliphatic rings. The fourth-order valence-corrected chi connectivity index (χ4v) is 1.71. The minimum absolute atomic E-state index is 0.00948. The van der Waals surface area contributed by atoms with Gasteiger partial charge in [-0.25, -0.2) is 0 Å². The Hall–Kier alpha value is 0.120. The van der Waals surface area contributed by atoms with E-state index in [0.717, 1.165) is 12.8 Å². The Morgan fingerprint density at radius 1 is 1.67 bits per heavy atom. The molecule has 0 bridgehead atoms. The van der Waals surface area contributed by atoms with Gasteiger partial charge in [0.05, 0.1) is 0 Å². The molecule has 0 saturated carbocycles. The van der Waals surface area contributed by atoms with E-state index in [1.807, 2.05) is 0 Å². The first kappa shape index (κ1) is 12.1. The minimum atomic E-state index is -0.824. The van der Waals surface area contributed by atoms with Gasteiger partial charge in [0.2, 0.25) is 0 Å². The van der Waals surface area contributed by atoms with Crippen LogP contribution in [0.2, 0.25) is 0 Å². The number of nitrogens with one attached hydrogen (secondary N) is 1. The van der Waals surface area contributed by atoms with E-state index in [2.05, 4.69) is 12.2 Å². The molecular weight excluding hydrogens is 273 g/mol. The van der Waals surface area contributed by atoms with E-state index >= 15 is 0 Å². The predicted octanol–water partition coefficient (Wildman–Crippen LogP) is -2.49. The van der Waals surface area contributed by atoms with Crippen molar-refractivity contribution in [1.82, 2.24) is 5.32 Å². The maximum absolute atomic E-state index is 10.9. The molecule has 0 aliphatic heterocycles. The molecule has 0 radical (unpaired) electrons. The second kappa shape index (κ2) is 9.21. The topological polar surface area (TPSA) is 58.6 Å². The first-order valence-electron chi connectivity index (χ1n) is 3.96. The van der Waals surface area contributed by atoms with Crippen molar-refractivity contribution in [2.45, 2.75) is 19.8 Å². The molecule has 12 heavy (non-hydrogen) atoms. The Balaban J connectivity index is 3.08. The molecule has 0 unspecified atom stereocenters. The third kappa shape index (κ3) is 8.22.